The molecule has 0 aliphatic carbocycles. The molecule has 3 heterocycles. The average Bonchev–Trinajstić information content (AvgIpc) is 3.16. The Morgan fingerprint density at radius 2 is 2.00 bits per heavy atom. The summed E-state index contributed by atoms with van der Waals surface area (Å²) in [4.78, 5) is 22.1. The van der Waals surface area contributed by atoms with E-state index in [4.69, 9.17) is 0 Å². The van der Waals surface area contributed by atoms with Crippen LogP contribution >= 0.6 is 11.3 Å². The Hall–Kier alpha value is -2.47. The van der Waals surface area contributed by atoms with E-state index in [0.29, 0.717) is 13.1 Å². The molecule has 0 bridgehead atoms. The Labute approximate surface area is 167 Å². The van der Waals surface area contributed by atoms with Gasteiger partial charge in [0, 0.05) is 26.2 Å². The van der Waals surface area contributed by atoms with E-state index >= 15 is 0 Å². The summed E-state index contributed by atoms with van der Waals surface area (Å²) in [6, 6.07) is 13.1. The third-order valence-corrected chi connectivity index (χ3v) is 6.90. The van der Waals surface area contributed by atoms with Gasteiger partial charge in [-0.3, -0.25) is 4.79 Å². The van der Waals surface area contributed by atoms with Crippen LogP contribution in [0.5, 0.6) is 0 Å². The Kier molecular flexibility index (Phi) is 4.51. The molecule has 0 radical (unpaired) electrons. The van der Waals surface area contributed by atoms with E-state index in [1.807, 2.05) is 11.0 Å². The third-order valence-electron chi connectivity index (χ3n) is 5.82. The molecule has 28 heavy (non-hydrogen) atoms. The highest BCUT2D eigenvalue weighted by Crippen LogP contribution is 2.33. The van der Waals surface area contributed by atoms with Gasteiger partial charge in [-0.1, -0.05) is 35.6 Å². The van der Waals surface area contributed by atoms with Crippen molar-refractivity contribution in [2.24, 2.45) is 5.92 Å². The predicted octanol–water partition coefficient (Wildman–Crippen LogP) is 4.24. The van der Waals surface area contributed by atoms with Crippen LogP contribution in [0.1, 0.15) is 24.0 Å². The number of fused-ring (bicyclic) bond motifs is 2. The van der Waals surface area contributed by atoms with Gasteiger partial charge in [-0.25, -0.2) is 9.37 Å². The van der Waals surface area contributed by atoms with Crippen LogP contribution in [0.2, 0.25) is 0 Å². The van der Waals surface area contributed by atoms with Crippen molar-refractivity contribution in [3.05, 3.63) is 59.4 Å². The summed E-state index contributed by atoms with van der Waals surface area (Å²) in [7, 11) is 0. The molecule has 5 rings (SSSR count). The SMILES string of the molecule is O=C(C1CCCN(c2nc3ccc(F)cc3s2)C1)N1CCc2ccccc2C1. The molecule has 0 spiro atoms. The molecule has 1 aromatic heterocycles. The summed E-state index contributed by atoms with van der Waals surface area (Å²) in [6.07, 6.45) is 2.83. The maximum atomic E-state index is 13.5. The van der Waals surface area contributed by atoms with E-state index in [1.54, 1.807) is 6.07 Å². The number of benzene rings is 2. The van der Waals surface area contributed by atoms with Crippen molar-refractivity contribution in [1.29, 1.82) is 0 Å². The molecule has 1 saturated heterocycles. The van der Waals surface area contributed by atoms with Gasteiger partial charge < -0.3 is 9.80 Å². The molecule has 3 aromatic rings. The number of amides is 1. The third kappa shape index (κ3) is 3.26. The molecule has 1 amide bonds. The average molecular weight is 396 g/mol. The summed E-state index contributed by atoms with van der Waals surface area (Å²) in [5.74, 6) is 0.0221. The zero-order valence-electron chi connectivity index (χ0n) is 15.6. The molecule has 2 aromatic carbocycles. The van der Waals surface area contributed by atoms with Crippen molar-refractivity contribution in [2.45, 2.75) is 25.8 Å². The quantitative estimate of drug-likeness (QED) is 0.651. The van der Waals surface area contributed by atoms with Crippen LogP contribution in [0.4, 0.5) is 9.52 Å². The number of halogens is 1. The lowest BCUT2D eigenvalue weighted by Gasteiger charge is -2.36. The van der Waals surface area contributed by atoms with E-state index < -0.39 is 0 Å². The molecule has 1 atom stereocenters. The van der Waals surface area contributed by atoms with Crippen LogP contribution in [0.3, 0.4) is 0 Å². The Bertz CT molecular complexity index is 1030. The highest BCUT2D eigenvalue weighted by Gasteiger charge is 2.31. The minimum Gasteiger partial charge on any atom is -0.347 e. The summed E-state index contributed by atoms with van der Waals surface area (Å²) in [6.45, 7) is 3.10. The Morgan fingerprint density at radius 1 is 1.14 bits per heavy atom. The van der Waals surface area contributed by atoms with Crippen molar-refractivity contribution in [3.8, 4) is 0 Å². The van der Waals surface area contributed by atoms with Crippen molar-refractivity contribution in [2.75, 3.05) is 24.5 Å². The van der Waals surface area contributed by atoms with Crippen molar-refractivity contribution >= 4 is 32.6 Å². The number of carbonyl (C=O) groups is 1. The summed E-state index contributed by atoms with van der Waals surface area (Å²) >= 11 is 1.51. The van der Waals surface area contributed by atoms with Crippen LogP contribution in [-0.2, 0) is 17.8 Å². The molecule has 2 aliphatic heterocycles. The van der Waals surface area contributed by atoms with Crippen molar-refractivity contribution in [1.82, 2.24) is 9.88 Å². The standard InChI is InChI=1S/C22H22FN3OS/c23-18-7-8-19-20(12-18)28-22(24-19)26-10-3-6-17(14-26)21(27)25-11-9-15-4-1-2-5-16(15)13-25/h1-2,4-5,7-8,12,17H,3,6,9-11,13-14H2. The summed E-state index contributed by atoms with van der Waals surface area (Å²) in [5, 5.41) is 0.891. The zero-order chi connectivity index (χ0) is 19.1. The number of thiazole rings is 1. The second kappa shape index (κ2) is 7.17. The van der Waals surface area contributed by atoms with Gasteiger partial charge in [0.05, 0.1) is 16.1 Å². The number of hydrogen-bond donors (Lipinski definition) is 0. The maximum Gasteiger partial charge on any atom is 0.227 e. The number of hydrogen-bond acceptors (Lipinski definition) is 4. The predicted molar refractivity (Wildman–Crippen MR) is 110 cm³/mol. The van der Waals surface area contributed by atoms with Crippen LogP contribution < -0.4 is 4.90 Å². The molecule has 4 nitrogen and oxygen atoms in total. The van der Waals surface area contributed by atoms with Crippen LogP contribution in [0.15, 0.2) is 42.5 Å². The number of piperidine rings is 1. The van der Waals surface area contributed by atoms with Crippen LogP contribution in [0.25, 0.3) is 10.2 Å². The zero-order valence-corrected chi connectivity index (χ0v) is 16.4. The maximum absolute atomic E-state index is 13.5. The fraction of sp³-hybridized carbons (Fsp3) is 0.364. The molecular formula is C22H22FN3OS. The van der Waals surface area contributed by atoms with Crippen molar-refractivity contribution in [3.63, 3.8) is 0 Å². The van der Waals surface area contributed by atoms with Gasteiger partial charge in [-0.05, 0) is 48.6 Å². The first-order chi connectivity index (χ1) is 13.7. The highest BCUT2D eigenvalue weighted by molar-refractivity contribution is 7.22. The second-order valence-corrected chi connectivity index (χ2v) is 8.68. The van der Waals surface area contributed by atoms with Gasteiger partial charge in [-0.2, -0.15) is 0 Å². The molecule has 144 valence electrons. The molecule has 1 fully saturated rings. The van der Waals surface area contributed by atoms with Gasteiger partial charge in [0.2, 0.25) is 5.91 Å². The van der Waals surface area contributed by atoms with E-state index in [9.17, 15) is 9.18 Å². The van der Waals surface area contributed by atoms with E-state index in [-0.39, 0.29) is 17.6 Å². The first-order valence-corrected chi connectivity index (χ1v) is 10.7. The number of nitrogens with zero attached hydrogens (tertiary/aromatic N) is 3. The molecular weight excluding hydrogens is 373 g/mol. The van der Waals surface area contributed by atoms with Crippen molar-refractivity contribution < 1.29 is 9.18 Å². The summed E-state index contributed by atoms with van der Waals surface area (Å²) in [5.41, 5.74) is 3.45. The lowest BCUT2D eigenvalue weighted by molar-refractivity contribution is -0.136. The normalized spacial score (nSPS) is 19.7. The second-order valence-electron chi connectivity index (χ2n) is 7.67. The monoisotopic (exact) mass is 395 g/mol. The number of carbonyl (C=O) groups excluding carboxylic acids is 1. The Morgan fingerprint density at radius 3 is 2.89 bits per heavy atom. The number of anilines is 1. The molecule has 6 heteroatoms. The fourth-order valence-electron chi connectivity index (χ4n) is 4.32. The minimum absolute atomic E-state index is 0.00256. The van der Waals surface area contributed by atoms with Crippen LogP contribution in [0, 0.1) is 11.7 Å². The molecule has 0 saturated carbocycles. The molecule has 1 unspecified atom stereocenters. The largest absolute Gasteiger partial charge is 0.347 e. The first-order valence-electron chi connectivity index (χ1n) is 9.84. The van der Waals surface area contributed by atoms with Gasteiger partial charge in [0.25, 0.3) is 0 Å². The smallest absolute Gasteiger partial charge is 0.227 e. The lowest BCUT2D eigenvalue weighted by atomic mass is 9.94. The number of aromatic nitrogens is 1. The number of rotatable bonds is 2. The van der Waals surface area contributed by atoms with Crippen LogP contribution in [-0.4, -0.2) is 35.4 Å². The fourth-order valence-corrected chi connectivity index (χ4v) is 5.34. The van der Waals surface area contributed by atoms with Gasteiger partial charge in [0.1, 0.15) is 5.82 Å². The topological polar surface area (TPSA) is 36.4 Å². The van der Waals surface area contributed by atoms with E-state index in [0.717, 1.165) is 47.7 Å². The summed E-state index contributed by atoms with van der Waals surface area (Å²) < 4.78 is 14.3. The minimum atomic E-state index is -0.236. The first kappa shape index (κ1) is 17.6. The van der Waals surface area contributed by atoms with Gasteiger partial charge in [-0.15, -0.1) is 0 Å². The lowest BCUT2D eigenvalue weighted by Crippen LogP contribution is -2.46. The van der Waals surface area contributed by atoms with Gasteiger partial charge >= 0.3 is 0 Å². The van der Waals surface area contributed by atoms with E-state index in [1.165, 1.54) is 34.6 Å². The highest BCUT2D eigenvalue weighted by atomic mass is 32.1. The van der Waals surface area contributed by atoms with E-state index in [2.05, 4.69) is 28.1 Å². The van der Waals surface area contributed by atoms with Gasteiger partial charge in [0.15, 0.2) is 5.13 Å². The molecule has 0 N–H and O–H groups in total. The Balaban J connectivity index is 1.32. The molecule has 2 aliphatic rings.